The highest BCUT2D eigenvalue weighted by atomic mass is 19.4. The smallest absolute Gasteiger partial charge is 0.421 e. The Morgan fingerprint density at radius 3 is 2.73 bits per heavy atom. The molecule has 2 heterocycles. The van der Waals surface area contributed by atoms with Gasteiger partial charge in [-0.2, -0.15) is 13.2 Å². The van der Waals surface area contributed by atoms with Gasteiger partial charge in [0.05, 0.1) is 0 Å². The number of amides is 1. The molecule has 1 aromatic heterocycles. The Hall–Kier alpha value is -1.73. The first kappa shape index (κ1) is 15.2. The maximum Gasteiger partial charge on any atom is 0.421 e. The normalized spacial score (nSPS) is 27.7. The van der Waals surface area contributed by atoms with Crippen molar-refractivity contribution in [3.63, 3.8) is 0 Å². The number of ether oxygens (including phenoxy) is 1. The average molecular weight is 318 g/mol. The van der Waals surface area contributed by atoms with Crippen LogP contribution in [0.25, 0.3) is 0 Å². The molecule has 1 aliphatic carbocycles. The second-order valence-corrected chi connectivity index (χ2v) is 6.99. The summed E-state index contributed by atoms with van der Waals surface area (Å²) in [4.78, 5) is 13.5. The minimum Gasteiger partial charge on any atom is -0.444 e. The number of carbonyl (C=O) groups excluding carboxylic acids is 1. The van der Waals surface area contributed by atoms with Crippen molar-refractivity contribution < 1.29 is 27.2 Å². The molecule has 1 aromatic rings. The monoisotopic (exact) mass is 318 g/mol. The Kier molecular flexibility index (Phi) is 3.03. The van der Waals surface area contributed by atoms with Crippen molar-refractivity contribution in [3.8, 4) is 0 Å². The molecular weight excluding hydrogens is 301 g/mol. The molecular formula is C14H17F3N2O3. The van der Waals surface area contributed by atoms with Gasteiger partial charge >= 0.3 is 12.3 Å². The Balaban J connectivity index is 1.79. The number of likely N-dealkylation sites (tertiary alicyclic amines) is 1. The summed E-state index contributed by atoms with van der Waals surface area (Å²) in [6.07, 6.45) is -3.79. The molecule has 2 atom stereocenters. The number of piperidine rings is 1. The third kappa shape index (κ3) is 2.44. The first-order valence-corrected chi connectivity index (χ1v) is 7.03. The first-order valence-electron chi connectivity index (χ1n) is 7.03. The van der Waals surface area contributed by atoms with E-state index in [1.54, 1.807) is 20.8 Å². The molecule has 2 fully saturated rings. The molecule has 1 amide bonds. The highest BCUT2D eigenvalue weighted by Gasteiger charge is 2.65. The molecule has 122 valence electrons. The summed E-state index contributed by atoms with van der Waals surface area (Å²) in [6, 6.07) is 0. The van der Waals surface area contributed by atoms with E-state index < -0.39 is 28.8 Å². The van der Waals surface area contributed by atoms with E-state index in [0.29, 0.717) is 19.2 Å². The van der Waals surface area contributed by atoms with E-state index in [9.17, 15) is 18.0 Å². The second kappa shape index (κ2) is 4.39. The van der Waals surface area contributed by atoms with Gasteiger partial charge in [-0.05, 0) is 33.1 Å². The summed E-state index contributed by atoms with van der Waals surface area (Å²) in [5, 5.41) is 3.57. The topological polar surface area (TPSA) is 55.6 Å². The third-order valence-electron chi connectivity index (χ3n) is 4.14. The molecule has 22 heavy (non-hydrogen) atoms. The van der Waals surface area contributed by atoms with E-state index in [-0.39, 0.29) is 18.2 Å². The standard InChI is InChI=1S/C14H17F3N2O3/c1-12(2,3)22-11(20)19-5-8-4-13(8,7-19)10-9(6-21-18-10)14(15,16)17/h6,8H,4-5,7H2,1-3H3. The van der Waals surface area contributed by atoms with Gasteiger partial charge in [-0.1, -0.05) is 5.16 Å². The molecule has 3 rings (SSSR count). The molecule has 0 bridgehead atoms. The lowest BCUT2D eigenvalue weighted by Gasteiger charge is -2.26. The van der Waals surface area contributed by atoms with Gasteiger partial charge in [-0.15, -0.1) is 0 Å². The van der Waals surface area contributed by atoms with Crippen molar-refractivity contribution in [2.75, 3.05) is 13.1 Å². The third-order valence-corrected chi connectivity index (χ3v) is 4.14. The van der Waals surface area contributed by atoms with Gasteiger partial charge in [0.25, 0.3) is 0 Å². The lowest BCUT2D eigenvalue weighted by Crippen LogP contribution is -2.38. The van der Waals surface area contributed by atoms with Crippen molar-refractivity contribution in [3.05, 3.63) is 17.5 Å². The first-order chi connectivity index (χ1) is 10.0. The predicted octanol–water partition coefficient (Wildman–Crippen LogP) is 3.20. The van der Waals surface area contributed by atoms with E-state index >= 15 is 0 Å². The quantitative estimate of drug-likeness (QED) is 0.798. The molecule has 0 radical (unpaired) electrons. The predicted molar refractivity (Wildman–Crippen MR) is 69.1 cm³/mol. The summed E-state index contributed by atoms with van der Waals surface area (Å²) < 4.78 is 48.8. The van der Waals surface area contributed by atoms with Crippen LogP contribution >= 0.6 is 0 Å². The molecule has 1 aliphatic heterocycles. The second-order valence-electron chi connectivity index (χ2n) is 6.99. The highest BCUT2D eigenvalue weighted by molar-refractivity contribution is 5.69. The van der Waals surface area contributed by atoms with Gasteiger partial charge in [0.15, 0.2) is 0 Å². The molecule has 0 aromatic carbocycles. The fourth-order valence-electron chi connectivity index (χ4n) is 3.11. The van der Waals surface area contributed by atoms with Gasteiger partial charge < -0.3 is 14.2 Å². The van der Waals surface area contributed by atoms with Crippen molar-refractivity contribution in [2.24, 2.45) is 5.92 Å². The minimum absolute atomic E-state index is 0.0220. The van der Waals surface area contributed by atoms with Crippen LogP contribution in [0.3, 0.4) is 0 Å². The number of halogens is 3. The lowest BCUT2D eigenvalue weighted by molar-refractivity contribution is -0.138. The number of aromatic nitrogens is 1. The largest absolute Gasteiger partial charge is 0.444 e. The van der Waals surface area contributed by atoms with Crippen LogP contribution in [0, 0.1) is 5.92 Å². The number of alkyl halides is 3. The fraction of sp³-hybridized carbons (Fsp3) is 0.714. The van der Waals surface area contributed by atoms with Crippen LogP contribution in [-0.2, 0) is 16.3 Å². The number of nitrogens with zero attached hydrogens (tertiary/aromatic N) is 2. The summed E-state index contributed by atoms with van der Waals surface area (Å²) in [5.74, 6) is -0.0220. The Labute approximate surface area is 125 Å². The molecule has 1 saturated heterocycles. The van der Waals surface area contributed by atoms with Crippen molar-refractivity contribution >= 4 is 6.09 Å². The van der Waals surface area contributed by atoms with Crippen LogP contribution in [0.15, 0.2) is 10.8 Å². The zero-order valence-corrected chi connectivity index (χ0v) is 12.5. The Morgan fingerprint density at radius 1 is 1.45 bits per heavy atom. The van der Waals surface area contributed by atoms with Gasteiger partial charge in [-0.25, -0.2) is 4.79 Å². The lowest BCUT2D eigenvalue weighted by atomic mass is 9.97. The molecule has 0 N–H and O–H groups in total. The summed E-state index contributed by atoms with van der Waals surface area (Å²) in [6.45, 7) is 5.81. The van der Waals surface area contributed by atoms with Crippen LogP contribution in [0.1, 0.15) is 38.4 Å². The molecule has 8 heteroatoms. The van der Waals surface area contributed by atoms with Crippen molar-refractivity contribution in [1.29, 1.82) is 0 Å². The minimum atomic E-state index is -4.50. The number of fused-ring (bicyclic) bond motifs is 1. The molecule has 2 aliphatic rings. The van der Waals surface area contributed by atoms with E-state index in [0.717, 1.165) is 0 Å². The maximum atomic E-state index is 13.0. The highest BCUT2D eigenvalue weighted by Crippen LogP contribution is 2.60. The Bertz CT molecular complexity index is 605. The number of hydrogen-bond donors (Lipinski definition) is 0. The van der Waals surface area contributed by atoms with Gasteiger partial charge in [0, 0.05) is 18.5 Å². The number of carbonyl (C=O) groups is 1. The summed E-state index contributed by atoms with van der Waals surface area (Å²) in [5.41, 5.74) is -2.31. The van der Waals surface area contributed by atoms with Gasteiger partial charge in [0.1, 0.15) is 23.1 Å². The summed E-state index contributed by atoms with van der Waals surface area (Å²) >= 11 is 0. The molecule has 0 spiro atoms. The summed E-state index contributed by atoms with van der Waals surface area (Å²) in [7, 11) is 0. The SMILES string of the molecule is CC(C)(C)OC(=O)N1CC2CC2(c2nocc2C(F)(F)F)C1. The van der Waals surface area contributed by atoms with Crippen LogP contribution in [0.5, 0.6) is 0 Å². The van der Waals surface area contributed by atoms with Crippen molar-refractivity contribution in [2.45, 2.75) is 44.4 Å². The van der Waals surface area contributed by atoms with Crippen LogP contribution < -0.4 is 0 Å². The fourth-order valence-corrected chi connectivity index (χ4v) is 3.11. The number of hydrogen-bond acceptors (Lipinski definition) is 4. The van der Waals surface area contributed by atoms with Gasteiger partial charge in [-0.3, -0.25) is 0 Å². The van der Waals surface area contributed by atoms with Gasteiger partial charge in [0.2, 0.25) is 0 Å². The molecule has 1 saturated carbocycles. The van der Waals surface area contributed by atoms with E-state index in [4.69, 9.17) is 4.74 Å². The van der Waals surface area contributed by atoms with E-state index in [2.05, 4.69) is 9.68 Å². The zero-order chi connectivity index (χ0) is 16.3. The number of rotatable bonds is 1. The maximum absolute atomic E-state index is 13.0. The van der Waals surface area contributed by atoms with Crippen LogP contribution in [0.2, 0.25) is 0 Å². The van der Waals surface area contributed by atoms with Crippen LogP contribution in [-0.4, -0.2) is 34.8 Å². The zero-order valence-electron chi connectivity index (χ0n) is 12.5. The van der Waals surface area contributed by atoms with E-state index in [1.807, 2.05) is 0 Å². The Morgan fingerprint density at radius 2 is 2.14 bits per heavy atom. The molecule has 2 unspecified atom stereocenters. The molecule has 5 nitrogen and oxygen atoms in total. The average Bonchev–Trinajstić information content (AvgIpc) is 2.79. The van der Waals surface area contributed by atoms with Crippen molar-refractivity contribution in [1.82, 2.24) is 10.1 Å². The van der Waals surface area contributed by atoms with Crippen LogP contribution in [0.4, 0.5) is 18.0 Å². The van der Waals surface area contributed by atoms with E-state index in [1.165, 1.54) is 4.90 Å².